The second kappa shape index (κ2) is 6.49. The van der Waals surface area contributed by atoms with E-state index in [1.807, 2.05) is 7.05 Å². The van der Waals surface area contributed by atoms with Gasteiger partial charge in [0.25, 0.3) is 0 Å². The Morgan fingerprint density at radius 3 is 2.60 bits per heavy atom. The molecule has 0 spiro atoms. The topological polar surface area (TPSA) is 21.3 Å². The van der Waals surface area contributed by atoms with Crippen LogP contribution in [0.15, 0.2) is 0 Å². The first-order valence-electron chi connectivity index (χ1n) is 6.42. The molecule has 4 atom stereocenters. The maximum absolute atomic E-state index is 5.93. The Balaban J connectivity index is 2.12. The van der Waals surface area contributed by atoms with E-state index in [0.29, 0.717) is 12.1 Å². The zero-order chi connectivity index (χ0) is 11.3. The zero-order valence-corrected chi connectivity index (χ0v) is 10.8. The van der Waals surface area contributed by atoms with Gasteiger partial charge in [-0.2, -0.15) is 0 Å². The van der Waals surface area contributed by atoms with E-state index in [-0.39, 0.29) is 0 Å². The Bertz CT molecular complexity index is 172. The molecule has 0 aromatic rings. The maximum atomic E-state index is 5.93. The predicted molar refractivity (Wildman–Crippen MR) is 65.1 cm³/mol. The number of ether oxygens (including phenoxy) is 1. The lowest BCUT2D eigenvalue weighted by Crippen LogP contribution is -2.29. The Hall–Kier alpha value is -0.0800. The summed E-state index contributed by atoms with van der Waals surface area (Å²) < 4.78 is 5.93. The molecule has 1 rings (SSSR count). The summed E-state index contributed by atoms with van der Waals surface area (Å²) in [5, 5.41) is 3.24. The average molecular weight is 213 g/mol. The first kappa shape index (κ1) is 13.0. The van der Waals surface area contributed by atoms with Crippen LogP contribution in [0.2, 0.25) is 0 Å². The second-order valence-corrected chi connectivity index (χ2v) is 5.24. The largest absolute Gasteiger partial charge is 0.378 e. The third-order valence-corrected chi connectivity index (χ3v) is 3.95. The molecule has 1 aliphatic carbocycles. The molecule has 0 heterocycles. The highest BCUT2D eigenvalue weighted by atomic mass is 16.5. The maximum Gasteiger partial charge on any atom is 0.0577 e. The molecule has 0 amide bonds. The number of rotatable bonds is 5. The lowest BCUT2D eigenvalue weighted by molar-refractivity contribution is -0.000398. The average Bonchev–Trinajstić information content (AvgIpc) is 2.23. The summed E-state index contributed by atoms with van der Waals surface area (Å²) in [4.78, 5) is 0. The fourth-order valence-corrected chi connectivity index (χ4v) is 2.21. The van der Waals surface area contributed by atoms with Gasteiger partial charge in [0.15, 0.2) is 0 Å². The normalized spacial score (nSPS) is 34.0. The van der Waals surface area contributed by atoms with E-state index in [4.69, 9.17) is 4.74 Å². The van der Waals surface area contributed by atoms with Crippen LogP contribution in [-0.4, -0.2) is 25.8 Å². The van der Waals surface area contributed by atoms with Gasteiger partial charge < -0.3 is 10.1 Å². The van der Waals surface area contributed by atoms with Crippen LogP contribution in [0.4, 0.5) is 0 Å². The highest BCUT2D eigenvalue weighted by Crippen LogP contribution is 2.30. The zero-order valence-electron chi connectivity index (χ0n) is 10.8. The van der Waals surface area contributed by atoms with E-state index >= 15 is 0 Å². The third-order valence-electron chi connectivity index (χ3n) is 3.95. The quantitative estimate of drug-likeness (QED) is 0.758. The van der Waals surface area contributed by atoms with E-state index in [1.165, 1.54) is 19.3 Å². The minimum atomic E-state index is 0.528. The first-order chi connectivity index (χ1) is 7.13. The highest BCUT2D eigenvalue weighted by Gasteiger charge is 2.24. The molecule has 90 valence electrons. The van der Waals surface area contributed by atoms with Gasteiger partial charge in [-0.25, -0.2) is 0 Å². The summed E-state index contributed by atoms with van der Waals surface area (Å²) in [5.74, 6) is 1.73. The van der Waals surface area contributed by atoms with Crippen LogP contribution in [0.5, 0.6) is 0 Å². The van der Waals surface area contributed by atoms with Gasteiger partial charge >= 0.3 is 0 Å². The van der Waals surface area contributed by atoms with E-state index in [9.17, 15) is 0 Å². The molecule has 0 aromatic carbocycles. The lowest BCUT2D eigenvalue weighted by atomic mass is 9.80. The predicted octanol–water partition coefficient (Wildman–Crippen LogP) is 2.83. The van der Waals surface area contributed by atoms with Gasteiger partial charge in [-0.1, -0.05) is 13.8 Å². The Kier molecular flexibility index (Phi) is 5.62. The van der Waals surface area contributed by atoms with Crippen molar-refractivity contribution >= 4 is 0 Å². The monoisotopic (exact) mass is 213 g/mol. The molecular weight excluding hydrogens is 186 g/mol. The van der Waals surface area contributed by atoms with Crippen LogP contribution in [0.25, 0.3) is 0 Å². The summed E-state index contributed by atoms with van der Waals surface area (Å²) in [5.41, 5.74) is 0. The fraction of sp³-hybridized carbons (Fsp3) is 1.00. The Labute approximate surface area is 94.8 Å². The Morgan fingerprint density at radius 1 is 1.27 bits per heavy atom. The molecule has 2 heteroatoms. The molecular formula is C13H27NO. The molecule has 0 bridgehead atoms. The molecule has 0 radical (unpaired) electrons. The molecule has 1 saturated carbocycles. The van der Waals surface area contributed by atoms with Crippen molar-refractivity contribution in [2.75, 3.05) is 13.7 Å². The van der Waals surface area contributed by atoms with Crippen molar-refractivity contribution in [3.63, 3.8) is 0 Å². The van der Waals surface area contributed by atoms with Gasteiger partial charge in [-0.3, -0.25) is 0 Å². The van der Waals surface area contributed by atoms with Gasteiger partial charge in [-0.05, 0) is 51.5 Å². The van der Waals surface area contributed by atoms with Crippen molar-refractivity contribution in [1.82, 2.24) is 5.32 Å². The summed E-state index contributed by atoms with van der Waals surface area (Å²) >= 11 is 0. The smallest absolute Gasteiger partial charge is 0.0577 e. The molecule has 1 N–H and O–H groups in total. The summed E-state index contributed by atoms with van der Waals surface area (Å²) in [6.07, 6.45) is 5.51. The second-order valence-electron chi connectivity index (χ2n) is 5.24. The van der Waals surface area contributed by atoms with Crippen molar-refractivity contribution in [2.45, 2.75) is 58.6 Å². The summed E-state index contributed by atoms with van der Waals surface area (Å²) in [6, 6.07) is 0.574. The van der Waals surface area contributed by atoms with Gasteiger partial charge in [0.2, 0.25) is 0 Å². The van der Waals surface area contributed by atoms with E-state index < -0.39 is 0 Å². The van der Waals surface area contributed by atoms with Crippen molar-refractivity contribution in [2.24, 2.45) is 11.8 Å². The molecule has 1 aliphatic rings. The van der Waals surface area contributed by atoms with E-state index in [0.717, 1.165) is 24.9 Å². The van der Waals surface area contributed by atoms with Crippen LogP contribution in [0.3, 0.4) is 0 Å². The highest BCUT2D eigenvalue weighted by molar-refractivity contribution is 4.75. The molecule has 2 nitrogen and oxygen atoms in total. The SMILES string of the molecule is CNC(C)CCOC1CCC(C)C(C)C1. The summed E-state index contributed by atoms with van der Waals surface area (Å²) in [7, 11) is 2.01. The molecule has 0 saturated heterocycles. The van der Waals surface area contributed by atoms with Gasteiger partial charge in [0.1, 0.15) is 0 Å². The fourth-order valence-electron chi connectivity index (χ4n) is 2.21. The van der Waals surface area contributed by atoms with Crippen LogP contribution in [0.1, 0.15) is 46.5 Å². The number of hydrogen-bond acceptors (Lipinski definition) is 2. The van der Waals surface area contributed by atoms with Crippen LogP contribution < -0.4 is 5.32 Å². The molecule has 4 unspecified atom stereocenters. The molecule has 0 aliphatic heterocycles. The minimum absolute atomic E-state index is 0.528. The summed E-state index contributed by atoms with van der Waals surface area (Å²) in [6.45, 7) is 7.84. The van der Waals surface area contributed by atoms with E-state index in [2.05, 4.69) is 26.1 Å². The van der Waals surface area contributed by atoms with Crippen molar-refractivity contribution in [3.05, 3.63) is 0 Å². The number of nitrogens with one attached hydrogen (secondary N) is 1. The van der Waals surface area contributed by atoms with Crippen LogP contribution >= 0.6 is 0 Å². The Morgan fingerprint density at radius 2 is 2.00 bits per heavy atom. The van der Waals surface area contributed by atoms with Crippen LogP contribution in [0, 0.1) is 11.8 Å². The van der Waals surface area contributed by atoms with Gasteiger partial charge in [0.05, 0.1) is 6.10 Å². The standard InChI is InChI=1S/C13H27NO/c1-10-5-6-13(9-11(10)2)15-8-7-12(3)14-4/h10-14H,5-9H2,1-4H3. The molecule has 0 aromatic heterocycles. The van der Waals surface area contributed by atoms with Crippen LogP contribution in [-0.2, 0) is 4.74 Å². The van der Waals surface area contributed by atoms with Crippen molar-refractivity contribution in [1.29, 1.82) is 0 Å². The molecule has 15 heavy (non-hydrogen) atoms. The van der Waals surface area contributed by atoms with Gasteiger partial charge in [-0.15, -0.1) is 0 Å². The van der Waals surface area contributed by atoms with E-state index in [1.54, 1.807) is 0 Å². The minimum Gasteiger partial charge on any atom is -0.378 e. The van der Waals surface area contributed by atoms with Gasteiger partial charge in [0, 0.05) is 12.6 Å². The van der Waals surface area contributed by atoms with Crippen molar-refractivity contribution in [3.8, 4) is 0 Å². The first-order valence-corrected chi connectivity index (χ1v) is 6.42. The number of hydrogen-bond donors (Lipinski definition) is 1. The molecule has 1 fully saturated rings. The third kappa shape index (κ3) is 4.52. The van der Waals surface area contributed by atoms with Crippen molar-refractivity contribution < 1.29 is 4.74 Å². The lowest BCUT2D eigenvalue weighted by Gasteiger charge is -2.32.